The van der Waals surface area contributed by atoms with Crippen LogP contribution in [0.4, 0.5) is 0 Å². The molecule has 0 spiro atoms. The summed E-state index contributed by atoms with van der Waals surface area (Å²) >= 11 is 0. The van der Waals surface area contributed by atoms with Crippen molar-refractivity contribution < 1.29 is 19.7 Å². The second-order valence-corrected chi connectivity index (χ2v) is 3.99. The molecule has 1 saturated heterocycles. The fourth-order valence-corrected chi connectivity index (χ4v) is 1.89. The standard InChI is InChI=1S/C10H13N3O5/c11-8(16)7-9(17)13(2-1-12-7)10-6(15)3-5(4-14)18-10/h1-2,5-6,10,14-15H,3-4H2,(H2,11,16). The molecular formula is C10H13N3O5. The molecule has 0 aromatic carbocycles. The molecular weight excluding hydrogens is 242 g/mol. The topological polar surface area (TPSA) is 128 Å². The predicted octanol–water partition coefficient (Wildman–Crippen LogP) is -2.02. The van der Waals surface area contributed by atoms with Gasteiger partial charge in [0.1, 0.15) is 6.10 Å². The van der Waals surface area contributed by atoms with Gasteiger partial charge in [0.2, 0.25) is 0 Å². The summed E-state index contributed by atoms with van der Waals surface area (Å²) < 4.78 is 6.36. The largest absolute Gasteiger partial charge is 0.394 e. The van der Waals surface area contributed by atoms with Gasteiger partial charge in [-0.2, -0.15) is 0 Å². The van der Waals surface area contributed by atoms with E-state index >= 15 is 0 Å². The number of nitrogens with zero attached hydrogens (tertiary/aromatic N) is 2. The van der Waals surface area contributed by atoms with E-state index in [1.54, 1.807) is 0 Å². The summed E-state index contributed by atoms with van der Waals surface area (Å²) in [6.07, 6.45) is 0.300. The smallest absolute Gasteiger partial charge is 0.284 e. The van der Waals surface area contributed by atoms with Crippen molar-refractivity contribution in [2.24, 2.45) is 5.73 Å². The van der Waals surface area contributed by atoms with Gasteiger partial charge in [0, 0.05) is 18.8 Å². The Bertz CT molecular complexity index is 514. The Labute approximate surface area is 102 Å². The van der Waals surface area contributed by atoms with Crippen LogP contribution in [0.25, 0.3) is 0 Å². The van der Waals surface area contributed by atoms with Gasteiger partial charge in [-0.15, -0.1) is 0 Å². The maximum absolute atomic E-state index is 11.9. The molecule has 18 heavy (non-hydrogen) atoms. The summed E-state index contributed by atoms with van der Waals surface area (Å²) in [5, 5.41) is 18.7. The van der Waals surface area contributed by atoms with E-state index < -0.39 is 35.6 Å². The summed E-state index contributed by atoms with van der Waals surface area (Å²) in [4.78, 5) is 26.5. The number of carbonyl (C=O) groups excluding carboxylic acids is 1. The normalized spacial score (nSPS) is 27.3. The third-order valence-corrected chi connectivity index (χ3v) is 2.74. The molecule has 3 unspecified atom stereocenters. The van der Waals surface area contributed by atoms with Crippen LogP contribution in [-0.4, -0.2) is 44.5 Å². The maximum Gasteiger partial charge on any atom is 0.284 e. The maximum atomic E-state index is 11.9. The van der Waals surface area contributed by atoms with Gasteiger partial charge in [-0.05, 0) is 0 Å². The van der Waals surface area contributed by atoms with Crippen LogP contribution in [-0.2, 0) is 4.74 Å². The number of carbonyl (C=O) groups is 1. The first-order chi connectivity index (χ1) is 8.54. The average Bonchev–Trinajstić information content (AvgIpc) is 2.70. The van der Waals surface area contributed by atoms with Crippen LogP contribution in [0.1, 0.15) is 23.1 Å². The van der Waals surface area contributed by atoms with E-state index in [0.29, 0.717) is 0 Å². The molecule has 0 aliphatic carbocycles. The van der Waals surface area contributed by atoms with Crippen LogP contribution in [0.3, 0.4) is 0 Å². The average molecular weight is 255 g/mol. The second-order valence-electron chi connectivity index (χ2n) is 3.99. The lowest BCUT2D eigenvalue weighted by molar-refractivity contribution is -0.0525. The molecule has 98 valence electrons. The van der Waals surface area contributed by atoms with Gasteiger partial charge in [0.15, 0.2) is 11.9 Å². The first-order valence-corrected chi connectivity index (χ1v) is 5.36. The third-order valence-electron chi connectivity index (χ3n) is 2.74. The molecule has 1 aliphatic rings. The van der Waals surface area contributed by atoms with Crippen LogP contribution >= 0.6 is 0 Å². The van der Waals surface area contributed by atoms with Gasteiger partial charge >= 0.3 is 0 Å². The fourth-order valence-electron chi connectivity index (χ4n) is 1.89. The number of amides is 1. The van der Waals surface area contributed by atoms with Gasteiger partial charge in [0.05, 0.1) is 12.7 Å². The van der Waals surface area contributed by atoms with Gasteiger partial charge in [-0.25, -0.2) is 4.98 Å². The summed E-state index contributed by atoms with van der Waals surface area (Å²) in [6.45, 7) is -0.254. The third kappa shape index (κ3) is 2.13. The number of nitrogens with two attached hydrogens (primary N) is 1. The van der Waals surface area contributed by atoms with E-state index in [1.807, 2.05) is 0 Å². The van der Waals surface area contributed by atoms with E-state index in [2.05, 4.69) is 4.98 Å². The number of hydrogen-bond donors (Lipinski definition) is 3. The van der Waals surface area contributed by atoms with E-state index in [1.165, 1.54) is 12.4 Å². The predicted molar refractivity (Wildman–Crippen MR) is 58.6 cm³/mol. The minimum Gasteiger partial charge on any atom is -0.394 e. The lowest BCUT2D eigenvalue weighted by Gasteiger charge is -2.17. The van der Waals surface area contributed by atoms with E-state index in [4.69, 9.17) is 15.6 Å². The highest BCUT2D eigenvalue weighted by Crippen LogP contribution is 2.27. The first-order valence-electron chi connectivity index (χ1n) is 5.36. The minimum absolute atomic E-state index is 0.210. The van der Waals surface area contributed by atoms with Crippen LogP contribution in [0, 0.1) is 0 Å². The fraction of sp³-hybridized carbons (Fsp3) is 0.500. The Hall–Kier alpha value is -1.77. The van der Waals surface area contributed by atoms with Crippen molar-refractivity contribution in [1.29, 1.82) is 0 Å². The molecule has 1 aliphatic heterocycles. The molecule has 2 rings (SSSR count). The summed E-state index contributed by atoms with van der Waals surface area (Å²) in [5.41, 5.74) is 3.87. The van der Waals surface area contributed by atoms with Crippen LogP contribution in [0.2, 0.25) is 0 Å². The highest BCUT2D eigenvalue weighted by atomic mass is 16.5. The number of aromatic nitrogens is 2. The van der Waals surface area contributed by atoms with Crippen molar-refractivity contribution in [2.75, 3.05) is 6.61 Å². The Morgan fingerprint density at radius 1 is 1.67 bits per heavy atom. The summed E-state index contributed by atoms with van der Waals surface area (Å²) in [7, 11) is 0. The van der Waals surface area contributed by atoms with E-state index in [-0.39, 0.29) is 13.0 Å². The number of ether oxygens (including phenoxy) is 1. The molecule has 1 aromatic rings. The molecule has 1 amide bonds. The van der Waals surface area contributed by atoms with E-state index in [0.717, 1.165) is 4.57 Å². The Morgan fingerprint density at radius 2 is 2.39 bits per heavy atom. The van der Waals surface area contributed by atoms with E-state index in [9.17, 15) is 14.7 Å². The Kier molecular flexibility index (Phi) is 3.41. The Morgan fingerprint density at radius 3 is 2.94 bits per heavy atom. The molecule has 2 heterocycles. The van der Waals surface area contributed by atoms with Crippen molar-refractivity contribution in [3.05, 3.63) is 28.4 Å². The van der Waals surface area contributed by atoms with Crippen LogP contribution in [0.5, 0.6) is 0 Å². The second kappa shape index (κ2) is 4.84. The number of aliphatic hydroxyl groups is 2. The Balaban J connectivity index is 2.38. The summed E-state index contributed by atoms with van der Waals surface area (Å²) in [5.74, 6) is -0.944. The lowest BCUT2D eigenvalue weighted by atomic mass is 10.2. The zero-order valence-corrected chi connectivity index (χ0v) is 9.39. The molecule has 0 radical (unpaired) electrons. The zero-order chi connectivity index (χ0) is 13.3. The van der Waals surface area contributed by atoms with Crippen molar-refractivity contribution in [2.45, 2.75) is 24.9 Å². The van der Waals surface area contributed by atoms with Crippen LogP contribution < -0.4 is 11.3 Å². The SMILES string of the molecule is NC(=O)c1nccn(C2OC(CO)CC2O)c1=O. The molecule has 1 fully saturated rings. The van der Waals surface area contributed by atoms with Gasteiger partial charge in [-0.3, -0.25) is 14.2 Å². The number of hydrogen-bond acceptors (Lipinski definition) is 6. The van der Waals surface area contributed by atoms with Crippen LogP contribution in [0.15, 0.2) is 17.2 Å². The molecule has 3 atom stereocenters. The van der Waals surface area contributed by atoms with Crippen molar-refractivity contribution >= 4 is 5.91 Å². The summed E-state index contributed by atoms with van der Waals surface area (Å²) in [6, 6.07) is 0. The molecule has 0 saturated carbocycles. The van der Waals surface area contributed by atoms with Crippen molar-refractivity contribution in [3.8, 4) is 0 Å². The molecule has 0 bridgehead atoms. The highest BCUT2D eigenvalue weighted by Gasteiger charge is 2.35. The molecule has 1 aromatic heterocycles. The van der Waals surface area contributed by atoms with Gasteiger partial charge in [-0.1, -0.05) is 0 Å². The minimum atomic E-state index is -0.948. The first kappa shape index (κ1) is 12.7. The monoisotopic (exact) mass is 255 g/mol. The molecule has 8 nitrogen and oxygen atoms in total. The zero-order valence-electron chi connectivity index (χ0n) is 9.39. The quantitative estimate of drug-likeness (QED) is 0.572. The van der Waals surface area contributed by atoms with Gasteiger partial charge < -0.3 is 20.7 Å². The number of aliphatic hydroxyl groups excluding tert-OH is 2. The highest BCUT2D eigenvalue weighted by molar-refractivity contribution is 5.90. The van der Waals surface area contributed by atoms with Crippen molar-refractivity contribution in [1.82, 2.24) is 9.55 Å². The number of rotatable bonds is 3. The number of primary amides is 1. The molecule has 8 heteroatoms. The van der Waals surface area contributed by atoms with Crippen molar-refractivity contribution in [3.63, 3.8) is 0 Å². The molecule has 4 N–H and O–H groups in total. The lowest BCUT2D eigenvalue weighted by Crippen LogP contribution is -2.35. The van der Waals surface area contributed by atoms with Gasteiger partial charge in [0.25, 0.3) is 11.5 Å².